The van der Waals surface area contributed by atoms with Gasteiger partial charge < -0.3 is 14.7 Å². The number of nitrogens with one attached hydrogen (secondary N) is 1. The van der Waals surface area contributed by atoms with Gasteiger partial charge in [-0.1, -0.05) is 19.1 Å². The maximum absolute atomic E-state index is 13.6. The summed E-state index contributed by atoms with van der Waals surface area (Å²) in [7, 11) is 0. The van der Waals surface area contributed by atoms with Gasteiger partial charge in [-0.05, 0) is 48.4 Å². The first-order valence-corrected chi connectivity index (χ1v) is 11.3. The van der Waals surface area contributed by atoms with E-state index in [2.05, 4.69) is 4.98 Å². The number of hydrogen-bond acceptors (Lipinski definition) is 4. The van der Waals surface area contributed by atoms with E-state index in [0.29, 0.717) is 43.0 Å². The summed E-state index contributed by atoms with van der Waals surface area (Å²) >= 11 is 0. The first-order valence-electron chi connectivity index (χ1n) is 11.3. The molecule has 176 valence electrons. The van der Waals surface area contributed by atoms with Gasteiger partial charge in [0.1, 0.15) is 29.7 Å². The van der Waals surface area contributed by atoms with Crippen LogP contribution in [-0.4, -0.2) is 39.8 Å². The average molecular weight is 465 g/mol. The summed E-state index contributed by atoms with van der Waals surface area (Å²) in [5.74, 6) is -1.48. The second-order valence-electron chi connectivity index (χ2n) is 8.12. The third-order valence-electron chi connectivity index (χ3n) is 5.74. The predicted octanol–water partition coefficient (Wildman–Crippen LogP) is 3.74. The Bertz CT molecular complexity index is 1170. The fourth-order valence-electron chi connectivity index (χ4n) is 4.07. The van der Waals surface area contributed by atoms with Gasteiger partial charge in [0.2, 0.25) is 6.33 Å². The van der Waals surface area contributed by atoms with Gasteiger partial charge in [-0.2, -0.15) is 0 Å². The molecule has 1 unspecified atom stereocenters. The number of halogens is 1. The number of imidazole rings is 1. The zero-order valence-corrected chi connectivity index (χ0v) is 18.9. The van der Waals surface area contributed by atoms with Crippen molar-refractivity contribution >= 4 is 17.4 Å². The van der Waals surface area contributed by atoms with Crippen LogP contribution in [0.2, 0.25) is 0 Å². The molecule has 0 saturated carbocycles. The molecule has 1 aromatic heterocycles. The standard InChI is InChI=1S/C26H26FN3O4/c1-2-16-34-21-10-6-19(7-11-21)24(31)22-23(18-4-8-20(27)9-5-18)30(26(33)25(22)32)14-3-13-29-15-12-28-17-29/h4-12,15,17,23H,2-3,13-14,16H2,1H3,(H,31,32)/p+1. The van der Waals surface area contributed by atoms with Crippen molar-refractivity contribution in [2.75, 3.05) is 13.2 Å². The molecular weight excluding hydrogens is 437 g/mol. The molecule has 4 rings (SSSR count). The average Bonchev–Trinajstić information content (AvgIpc) is 3.45. The molecule has 1 aliphatic heterocycles. The quantitative estimate of drug-likeness (QED) is 0.219. The van der Waals surface area contributed by atoms with Crippen LogP contribution < -0.4 is 9.30 Å². The number of nitrogens with zero attached hydrogens (tertiary/aromatic N) is 2. The molecule has 8 heteroatoms. The molecule has 1 atom stereocenters. The normalized spacial score (nSPS) is 17.4. The lowest BCUT2D eigenvalue weighted by Gasteiger charge is -2.25. The third kappa shape index (κ3) is 4.85. The minimum atomic E-state index is -0.812. The largest absolute Gasteiger partial charge is 0.507 e. The number of carbonyl (C=O) groups is 2. The highest BCUT2D eigenvalue weighted by Crippen LogP contribution is 2.39. The van der Waals surface area contributed by atoms with Crippen LogP contribution in [0, 0.1) is 5.82 Å². The molecule has 2 heterocycles. The molecule has 1 fully saturated rings. The van der Waals surface area contributed by atoms with E-state index in [1.54, 1.807) is 36.8 Å². The number of hydrogen-bond donors (Lipinski definition) is 2. The number of benzene rings is 2. The molecule has 0 aliphatic carbocycles. The first kappa shape index (κ1) is 23.2. The molecule has 2 N–H and O–H groups in total. The smallest absolute Gasteiger partial charge is 0.295 e. The number of ketones is 1. The second-order valence-corrected chi connectivity index (χ2v) is 8.12. The van der Waals surface area contributed by atoms with Crippen molar-refractivity contribution in [3.05, 3.63) is 89.8 Å². The zero-order valence-electron chi connectivity index (χ0n) is 18.9. The Balaban J connectivity index is 1.67. The van der Waals surface area contributed by atoms with E-state index in [9.17, 15) is 19.1 Å². The number of aliphatic hydroxyl groups excluding tert-OH is 1. The lowest BCUT2D eigenvalue weighted by Crippen LogP contribution is -2.36. The van der Waals surface area contributed by atoms with Gasteiger partial charge >= 0.3 is 0 Å². The predicted molar refractivity (Wildman–Crippen MR) is 123 cm³/mol. The number of likely N-dealkylation sites (tertiary alicyclic amines) is 1. The second kappa shape index (κ2) is 10.3. The van der Waals surface area contributed by atoms with E-state index >= 15 is 0 Å². The summed E-state index contributed by atoms with van der Waals surface area (Å²) in [5.41, 5.74) is 0.948. The van der Waals surface area contributed by atoms with Crippen molar-refractivity contribution in [2.45, 2.75) is 32.4 Å². The van der Waals surface area contributed by atoms with Crippen molar-refractivity contribution < 1.29 is 28.4 Å². The van der Waals surface area contributed by atoms with Crippen LogP contribution in [0.4, 0.5) is 4.39 Å². The minimum absolute atomic E-state index is 0.00636. The summed E-state index contributed by atoms with van der Waals surface area (Å²) in [6.07, 6.45) is 6.93. The Morgan fingerprint density at radius 1 is 1.15 bits per heavy atom. The fourth-order valence-corrected chi connectivity index (χ4v) is 4.07. The highest BCUT2D eigenvalue weighted by molar-refractivity contribution is 6.46. The van der Waals surface area contributed by atoms with E-state index in [1.807, 2.05) is 17.7 Å². The van der Waals surface area contributed by atoms with Gasteiger partial charge in [-0.3, -0.25) is 14.6 Å². The Kier molecular flexibility index (Phi) is 7.06. The Hall–Kier alpha value is -3.94. The van der Waals surface area contributed by atoms with Crippen molar-refractivity contribution in [3.8, 4) is 5.75 Å². The van der Waals surface area contributed by atoms with Gasteiger partial charge in [0, 0.05) is 18.5 Å². The first-order chi connectivity index (χ1) is 16.5. The van der Waals surface area contributed by atoms with E-state index in [4.69, 9.17) is 4.74 Å². The fraction of sp³-hybridized carbons (Fsp3) is 0.269. The summed E-state index contributed by atoms with van der Waals surface area (Å²) in [5, 5.41) is 11.1. The van der Waals surface area contributed by atoms with Crippen LogP contribution in [0.5, 0.6) is 5.75 Å². The highest BCUT2D eigenvalue weighted by Gasteiger charge is 2.45. The Morgan fingerprint density at radius 2 is 1.88 bits per heavy atom. The van der Waals surface area contributed by atoms with E-state index in [1.165, 1.54) is 29.2 Å². The highest BCUT2D eigenvalue weighted by atomic mass is 19.1. The Labute approximate surface area is 197 Å². The lowest BCUT2D eigenvalue weighted by atomic mass is 9.95. The van der Waals surface area contributed by atoms with Crippen LogP contribution in [0.3, 0.4) is 0 Å². The van der Waals surface area contributed by atoms with Crippen LogP contribution in [0.15, 0.2) is 72.8 Å². The van der Waals surface area contributed by atoms with Crippen LogP contribution in [-0.2, 0) is 16.1 Å². The van der Waals surface area contributed by atoms with Crippen LogP contribution in [0.25, 0.3) is 5.76 Å². The molecule has 0 bridgehead atoms. The SMILES string of the molecule is CCCOc1ccc(C(O)=C2C(=O)C(=O)N(CCC[n+]3cc[nH]c3)C2c2ccc(F)cc2)cc1. The summed E-state index contributed by atoms with van der Waals surface area (Å²) in [6, 6.07) is 11.5. The van der Waals surface area contributed by atoms with Gasteiger partial charge in [0.15, 0.2) is 0 Å². The number of H-pyrrole nitrogens is 1. The molecule has 2 aromatic carbocycles. The number of ether oxygens (including phenoxy) is 1. The molecule has 0 spiro atoms. The topological polar surface area (TPSA) is 86.5 Å². The summed E-state index contributed by atoms with van der Waals surface area (Å²) < 4.78 is 21.1. The van der Waals surface area contributed by atoms with Crippen molar-refractivity contribution in [1.29, 1.82) is 0 Å². The maximum Gasteiger partial charge on any atom is 0.295 e. The van der Waals surface area contributed by atoms with Crippen molar-refractivity contribution in [2.24, 2.45) is 0 Å². The van der Waals surface area contributed by atoms with Crippen molar-refractivity contribution in [1.82, 2.24) is 9.88 Å². The Morgan fingerprint density at radius 3 is 2.53 bits per heavy atom. The van der Waals surface area contributed by atoms with Gasteiger partial charge in [0.05, 0.1) is 24.8 Å². The van der Waals surface area contributed by atoms with Gasteiger partial charge in [0.25, 0.3) is 11.7 Å². The maximum atomic E-state index is 13.6. The molecular formula is C26H27FN3O4+. The minimum Gasteiger partial charge on any atom is -0.507 e. The lowest BCUT2D eigenvalue weighted by molar-refractivity contribution is -0.695. The number of aromatic nitrogens is 2. The molecule has 1 aliphatic rings. The number of aliphatic hydroxyl groups is 1. The van der Waals surface area contributed by atoms with E-state index in [0.717, 1.165) is 6.42 Å². The molecule has 0 radical (unpaired) electrons. The van der Waals surface area contributed by atoms with E-state index < -0.39 is 23.5 Å². The number of Topliss-reactive ketones (excluding diaryl/α,β-unsaturated/α-hetero) is 1. The van der Waals surface area contributed by atoms with Crippen molar-refractivity contribution in [3.63, 3.8) is 0 Å². The van der Waals surface area contributed by atoms with Gasteiger partial charge in [-0.15, -0.1) is 0 Å². The number of aromatic amines is 1. The molecule has 1 amide bonds. The monoisotopic (exact) mass is 464 g/mol. The summed E-state index contributed by atoms with van der Waals surface area (Å²) in [6.45, 7) is 3.51. The zero-order chi connectivity index (χ0) is 24.1. The molecule has 7 nitrogen and oxygen atoms in total. The molecule has 3 aromatic rings. The van der Waals surface area contributed by atoms with E-state index in [-0.39, 0.29) is 11.3 Å². The molecule has 1 saturated heterocycles. The number of carbonyl (C=O) groups excluding carboxylic acids is 2. The van der Waals surface area contributed by atoms with Crippen LogP contribution >= 0.6 is 0 Å². The van der Waals surface area contributed by atoms with Gasteiger partial charge in [-0.25, -0.2) is 8.96 Å². The molecule has 34 heavy (non-hydrogen) atoms. The van der Waals surface area contributed by atoms with Crippen LogP contribution in [0.1, 0.15) is 36.9 Å². The summed E-state index contributed by atoms with van der Waals surface area (Å²) in [4.78, 5) is 30.5. The third-order valence-corrected chi connectivity index (χ3v) is 5.74. The number of rotatable bonds is 9. The number of aryl methyl sites for hydroxylation is 1. The number of amides is 1.